The zero-order valence-corrected chi connectivity index (χ0v) is 8.52. The van der Waals surface area contributed by atoms with E-state index < -0.39 is 11.6 Å². The average molecular weight is 213 g/mol. The van der Waals surface area contributed by atoms with Crippen molar-refractivity contribution in [1.82, 2.24) is 0 Å². The number of halogens is 2. The van der Waals surface area contributed by atoms with Crippen LogP contribution in [0.2, 0.25) is 0 Å². The van der Waals surface area contributed by atoms with Crippen molar-refractivity contribution in [3.05, 3.63) is 29.3 Å². The van der Waals surface area contributed by atoms with Gasteiger partial charge in [0.1, 0.15) is 5.75 Å². The highest BCUT2D eigenvalue weighted by Crippen LogP contribution is 2.50. The number of ether oxygens (including phenoxy) is 1. The van der Waals surface area contributed by atoms with Crippen LogP contribution < -0.4 is 10.5 Å². The van der Waals surface area contributed by atoms with E-state index in [-0.39, 0.29) is 5.41 Å². The van der Waals surface area contributed by atoms with Crippen LogP contribution in [0.3, 0.4) is 0 Å². The first-order chi connectivity index (χ1) is 7.13. The molecule has 1 aromatic carbocycles. The van der Waals surface area contributed by atoms with E-state index in [1.165, 1.54) is 13.2 Å². The van der Waals surface area contributed by atoms with E-state index in [2.05, 4.69) is 0 Å². The summed E-state index contributed by atoms with van der Waals surface area (Å²) in [6.45, 7) is 0.439. The van der Waals surface area contributed by atoms with Gasteiger partial charge >= 0.3 is 0 Å². The minimum Gasteiger partial charge on any atom is -0.496 e. The van der Waals surface area contributed by atoms with Crippen molar-refractivity contribution >= 4 is 0 Å². The Hall–Kier alpha value is -1.16. The minimum absolute atomic E-state index is 0.195. The van der Waals surface area contributed by atoms with Gasteiger partial charge in [-0.25, -0.2) is 8.78 Å². The molecule has 82 valence electrons. The summed E-state index contributed by atoms with van der Waals surface area (Å²) in [6, 6.07) is 2.29. The molecule has 0 bridgehead atoms. The summed E-state index contributed by atoms with van der Waals surface area (Å²) in [4.78, 5) is 0. The van der Waals surface area contributed by atoms with E-state index in [9.17, 15) is 8.78 Å². The summed E-state index contributed by atoms with van der Waals surface area (Å²) >= 11 is 0. The van der Waals surface area contributed by atoms with E-state index in [1.54, 1.807) is 0 Å². The lowest BCUT2D eigenvalue weighted by molar-refractivity contribution is 0.395. The van der Waals surface area contributed by atoms with Crippen molar-refractivity contribution in [3.8, 4) is 5.75 Å². The van der Waals surface area contributed by atoms with Gasteiger partial charge in [0.15, 0.2) is 11.6 Å². The largest absolute Gasteiger partial charge is 0.496 e. The molecule has 0 aromatic heterocycles. The van der Waals surface area contributed by atoms with Crippen molar-refractivity contribution in [2.45, 2.75) is 18.3 Å². The molecule has 0 amide bonds. The Morgan fingerprint density at radius 1 is 1.33 bits per heavy atom. The minimum atomic E-state index is -0.886. The summed E-state index contributed by atoms with van der Waals surface area (Å²) in [6.07, 6.45) is 1.82. The molecule has 1 aliphatic rings. The standard InChI is InChI=1S/C11H13F2NO/c1-15-10-5-9(13)8(12)4-7(10)11(6-14)2-3-11/h4-5H,2-3,6,14H2,1H3. The first kappa shape index (κ1) is 10.4. The second kappa shape index (κ2) is 3.45. The van der Waals surface area contributed by atoms with Crippen LogP contribution in [0.4, 0.5) is 8.78 Å². The van der Waals surface area contributed by atoms with Crippen molar-refractivity contribution < 1.29 is 13.5 Å². The second-order valence-corrected chi connectivity index (χ2v) is 3.95. The number of benzene rings is 1. The number of rotatable bonds is 3. The molecule has 0 atom stereocenters. The second-order valence-electron chi connectivity index (χ2n) is 3.95. The summed E-state index contributed by atoms with van der Waals surface area (Å²) in [7, 11) is 1.45. The highest BCUT2D eigenvalue weighted by atomic mass is 19.2. The zero-order valence-electron chi connectivity index (χ0n) is 8.52. The van der Waals surface area contributed by atoms with E-state index in [0.717, 1.165) is 18.9 Å². The van der Waals surface area contributed by atoms with Gasteiger partial charge in [-0.2, -0.15) is 0 Å². The molecule has 2 nitrogen and oxygen atoms in total. The zero-order chi connectivity index (χ0) is 11.1. The molecule has 0 unspecified atom stereocenters. The Bertz CT molecular complexity index is 388. The van der Waals surface area contributed by atoms with Crippen molar-refractivity contribution in [3.63, 3.8) is 0 Å². The van der Waals surface area contributed by atoms with E-state index in [0.29, 0.717) is 17.9 Å². The van der Waals surface area contributed by atoms with Crippen LogP contribution in [-0.4, -0.2) is 13.7 Å². The van der Waals surface area contributed by atoms with Gasteiger partial charge in [-0.1, -0.05) is 0 Å². The first-order valence-corrected chi connectivity index (χ1v) is 4.86. The Kier molecular flexibility index (Phi) is 2.38. The van der Waals surface area contributed by atoms with Gasteiger partial charge in [-0.05, 0) is 18.9 Å². The number of nitrogens with two attached hydrogens (primary N) is 1. The summed E-state index contributed by atoms with van der Waals surface area (Å²) in [5.41, 5.74) is 6.13. The maximum atomic E-state index is 13.1. The molecule has 0 aliphatic heterocycles. The fraction of sp³-hybridized carbons (Fsp3) is 0.455. The average Bonchev–Trinajstić information content (AvgIpc) is 3.02. The Morgan fingerprint density at radius 2 is 1.93 bits per heavy atom. The molecule has 1 aromatic rings. The maximum absolute atomic E-state index is 13.1. The molecular weight excluding hydrogens is 200 g/mol. The number of hydrogen-bond acceptors (Lipinski definition) is 2. The van der Waals surface area contributed by atoms with Crippen LogP contribution >= 0.6 is 0 Å². The maximum Gasteiger partial charge on any atom is 0.162 e. The third-order valence-electron chi connectivity index (χ3n) is 3.06. The van der Waals surface area contributed by atoms with Gasteiger partial charge in [0.2, 0.25) is 0 Å². The molecule has 1 fully saturated rings. The number of hydrogen-bond donors (Lipinski definition) is 1. The quantitative estimate of drug-likeness (QED) is 0.833. The predicted molar refractivity (Wildman–Crippen MR) is 52.9 cm³/mol. The smallest absolute Gasteiger partial charge is 0.162 e. The summed E-state index contributed by atoms with van der Waals surface area (Å²) < 4.78 is 31.1. The van der Waals surface area contributed by atoms with Gasteiger partial charge in [0.25, 0.3) is 0 Å². The van der Waals surface area contributed by atoms with Gasteiger partial charge in [0, 0.05) is 23.6 Å². The lowest BCUT2D eigenvalue weighted by atomic mass is 9.95. The van der Waals surface area contributed by atoms with Crippen LogP contribution in [0.15, 0.2) is 12.1 Å². The van der Waals surface area contributed by atoms with E-state index in [1.807, 2.05) is 0 Å². The van der Waals surface area contributed by atoms with Gasteiger partial charge in [0.05, 0.1) is 7.11 Å². The molecular formula is C11H13F2NO. The molecule has 0 spiro atoms. The molecule has 0 radical (unpaired) electrons. The van der Waals surface area contributed by atoms with Crippen molar-refractivity contribution in [2.75, 3.05) is 13.7 Å². The summed E-state index contributed by atoms with van der Waals surface area (Å²) in [5.74, 6) is -1.34. The van der Waals surface area contributed by atoms with Crippen LogP contribution in [0, 0.1) is 11.6 Å². The Balaban J connectivity index is 2.50. The number of methoxy groups -OCH3 is 1. The SMILES string of the molecule is COc1cc(F)c(F)cc1C1(CN)CC1. The molecule has 2 N–H and O–H groups in total. The van der Waals surface area contributed by atoms with Crippen LogP contribution in [0.1, 0.15) is 18.4 Å². The van der Waals surface area contributed by atoms with Crippen LogP contribution in [0.25, 0.3) is 0 Å². The molecule has 0 heterocycles. The Morgan fingerprint density at radius 3 is 2.40 bits per heavy atom. The van der Waals surface area contributed by atoms with E-state index >= 15 is 0 Å². The lowest BCUT2D eigenvalue weighted by Gasteiger charge is -2.17. The van der Waals surface area contributed by atoms with Gasteiger partial charge < -0.3 is 10.5 Å². The monoisotopic (exact) mass is 213 g/mol. The lowest BCUT2D eigenvalue weighted by Crippen LogP contribution is -2.20. The van der Waals surface area contributed by atoms with Crippen molar-refractivity contribution in [1.29, 1.82) is 0 Å². The summed E-state index contributed by atoms with van der Waals surface area (Å²) in [5, 5.41) is 0. The molecule has 15 heavy (non-hydrogen) atoms. The van der Waals surface area contributed by atoms with Gasteiger partial charge in [-0.15, -0.1) is 0 Å². The molecule has 1 aliphatic carbocycles. The fourth-order valence-electron chi connectivity index (χ4n) is 1.85. The fourth-order valence-corrected chi connectivity index (χ4v) is 1.85. The van der Waals surface area contributed by atoms with Gasteiger partial charge in [-0.3, -0.25) is 0 Å². The van der Waals surface area contributed by atoms with Crippen molar-refractivity contribution in [2.24, 2.45) is 5.73 Å². The topological polar surface area (TPSA) is 35.2 Å². The highest BCUT2D eigenvalue weighted by Gasteiger charge is 2.45. The highest BCUT2D eigenvalue weighted by molar-refractivity contribution is 5.44. The van der Waals surface area contributed by atoms with Crippen LogP contribution in [-0.2, 0) is 5.41 Å². The molecule has 0 saturated heterocycles. The molecule has 1 saturated carbocycles. The van der Waals surface area contributed by atoms with Crippen LogP contribution in [0.5, 0.6) is 5.75 Å². The Labute approximate surface area is 87.0 Å². The predicted octanol–water partition coefficient (Wildman–Crippen LogP) is 1.96. The first-order valence-electron chi connectivity index (χ1n) is 4.86. The van der Waals surface area contributed by atoms with E-state index in [4.69, 9.17) is 10.5 Å². The third kappa shape index (κ3) is 1.59. The third-order valence-corrected chi connectivity index (χ3v) is 3.06. The normalized spacial score (nSPS) is 17.6. The molecule has 2 rings (SSSR count). The molecule has 4 heteroatoms.